The van der Waals surface area contributed by atoms with Gasteiger partial charge in [-0.15, -0.1) is 0 Å². The first-order valence-electron chi connectivity index (χ1n) is 6.23. The van der Waals surface area contributed by atoms with E-state index in [0.29, 0.717) is 17.6 Å². The van der Waals surface area contributed by atoms with Crippen molar-refractivity contribution in [2.45, 2.75) is 52.6 Å². The van der Waals surface area contributed by atoms with Crippen LogP contribution >= 0.6 is 27.5 Å². The summed E-state index contributed by atoms with van der Waals surface area (Å²) in [5.41, 5.74) is 0.437. The van der Waals surface area contributed by atoms with Crippen LogP contribution in [0, 0.1) is 0 Å². The van der Waals surface area contributed by atoms with E-state index in [1.165, 1.54) is 0 Å². The molecule has 0 spiro atoms. The highest BCUT2D eigenvalue weighted by molar-refractivity contribution is 9.10. The molecule has 1 atom stereocenters. The topological polar surface area (TPSA) is 35.0 Å². The molecule has 1 rings (SSSR count). The maximum atomic E-state index is 6.17. The van der Waals surface area contributed by atoms with Gasteiger partial charge in [0.1, 0.15) is 10.8 Å². The summed E-state index contributed by atoms with van der Waals surface area (Å²) in [6.07, 6.45) is 0.802. The van der Waals surface area contributed by atoms with Gasteiger partial charge in [-0.2, -0.15) is 0 Å². The Morgan fingerprint density at radius 2 is 1.94 bits per heavy atom. The van der Waals surface area contributed by atoms with Crippen molar-refractivity contribution >= 4 is 27.5 Å². The van der Waals surface area contributed by atoms with Gasteiger partial charge in [0.05, 0.1) is 10.2 Å². The van der Waals surface area contributed by atoms with E-state index in [1.54, 1.807) is 0 Å². The van der Waals surface area contributed by atoms with E-state index in [2.05, 4.69) is 46.7 Å². The third kappa shape index (κ3) is 3.22. The Labute approximate surface area is 122 Å². The lowest BCUT2D eigenvalue weighted by molar-refractivity contribution is -0.0392. The summed E-state index contributed by atoms with van der Waals surface area (Å²) in [4.78, 5) is 8.99. The van der Waals surface area contributed by atoms with Gasteiger partial charge in [-0.3, -0.25) is 0 Å². The second-order valence-corrected chi connectivity index (χ2v) is 5.86. The Morgan fingerprint density at radius 1 is 1.33 bits per heavy atom. The highest BCUT2D eigenvalue weighted by atomic mass is 79.9. The predicted molar refractivity (Wildman–Crippen MR) is 78.1 cm³/mol. The summed E-state index contributed by atoms with van der Waals surface area (Å²) in [6, 6.07) is 0. The smallest absolute Gasteiger partial charge is 0.161 e. The Kier molecular flexibility index (Phi) is 5.56. The first-order chi connectivity index (χ1) is 8.35. The van der Waals surface area contributed by atoms with Crippen molar-refractivity contribution in [3.05, 3.63) is 21.1 Å². The number of hydrogen-bond acceptors (Lipinski definition) is 3. The largest absolute Gasteiger partial charge is 0.368 e. The van der Waals surface area contributed by atoms with Crippen LogP contribution < -0.4 is 0 Å². The first-order valence-corrected chi connectivity index (χ1v) is 7.40. The van der Waals surface area contributed by atoms with Gasteiger partial charge in [-0.1, -0.05) is 32.4 Å². The van der Waals surface area contributed by atoms with E-state index < -0.39 is 5.60 Å². The fourth-order valence-electron chi connectivity index (χ4n) is 1.70. The van der Waals surface area contributed by atoms with Crippen molar-refractivity contribution in [3.63, 3.8) is 0 Å². The summed E-state index contributed by atoms with van der Waals surface area (Å²) >= 11 is 9.62. The zero-order valence-corrected chi connectivity index (χ0v) is 13.9. The highest BCUT2D eigenvalue weighted by Gasteiger charge is 2.30. The number of hydrogen-bond donors (Lipinski definition) is 0. The van der Waals surface area contributed by atoms with E-state index in [1.807, 2.05) is 13.8 Å². The van der Waals surface area contributed by atoms with Gasteiger partial charge in [0, 0.05) is 6.61 Å². The summed E-state index contributed by atoms with van der Waals surface area (Å²) in [5, 5.41) is 0.447. The minimum atomic E-state index is -0.483. The molecule has 1 unspecified atom stereocenters. The van der Waals surface area contributed by atoms with Crippen molar-refractivity contribution in [2.24, 2.45) is 0 Å². The molecule has 102 valence electrons. The molecule has 0 N–H and O–H groups in total. The second kappa shape index (κ2) is 6.31. The third-order valence-corrected chi connectivity index (χ3v) is 4.28. The molecule has 0 aromatic carbocycles. The maximum Gasteiger partial charge on any atom is 0.161 e. The molecule has 0 amide bonds. The zero-order valence-electron chi connectivity index (χ0n) is 11.6. The molecule has 0 fully saturated rings. The lowest BCUT2D eigenvalue weighted by atomic mass is 10.0. The fraction of sp³-hybridized carbons (Fsp3) is 0.692. The molecule has 0 aliphatic heterocycles. The predicted octanol–water partition coefficient (Wildman–Crippen LogP) is 4.68. The maximum absolute atomic E-state index is 6.17. The Balaban J connectivity index is 3.33. The van der Waals surface area contributed by atoms with Gasteiger partial charge < -0.3 is 4.74 Å². The quantitative estimate of drug-likeness (QED) is 0.733. The molecule has 1 heterocycles. The zero-order chi connectivity index (χ0) is 13.9. The Bertz CT molecular complexity index is 426. The molecular weight excluding hydrogens is 316 g/mol. The third-order valence-electron chi connectivity index (χ3n) is 2.99. The van der Waals surface area contributed by atoms with Crippen molar-refractivity contribution in [1.82, 2.24) is 9.97 Å². The molecular formula is C13H20BrClN2O. The van der Waals surface area contributed by atoms with Crippen LogP contribution in [0.3, 0.4) is 0 Å². The van der Waals surface area contributed by atoms with E-state index >= 15 is 0 Å². The fourth-order valence-corrected chi connectivity index (χ4v) is 2.51. The van der Waals surface area contributed by atoms with E-state index in [-0.39, 0.29) is 5.92 Å². The average Bonchev–Trinajstić information content (AvgIpc) is 2.32. The van der Waals surface area contributed by atoms with Crippen LogP contribution in [0.1, 0.15) is 58.5 Å². The SMILES string of the molecule is CCOC(C)(CC)c1nc(Cl)c(Br)c(C(C)C)n1. The number of aromatic nitrogens is 2. The van der Waals surface area contributed by atoms with Gasteiger partial charge in [-0.05, 0) is 42.1 Å². The molecule has 1 aromatic rings. The minimum absolute atomic E-state index is 0.279. The van der Waals surface area contributed by atoms with E-state index in [9.17, 15) is 0 Å². The molecule has 0 aliphatic carbocycles. The molecule has 18 heavy (non-hydrogen) atoms. The first kappa shape index (κ1) is 15.9. The Hall–Kier alpha value is -0.190. The van der Waals surface area contributed by atoms with Gasteiger partial charge in [0.15, 0.2) is 5.82 Å². The van der Waals surface area contributed by atoms with Crippen molar-refractivity contribution in [1.29, 1.82) is 0 Å². The van der Waals surface area contributed by atoms with Crippen LogP contribution in [0.5, 0.6) is 0 Å². The highest BCUT2D eigenvalue weighted by Crippen LogP contribution is 2.33. The normalized spacial score (nSPS) is 14.9. The number of nitrogens with zero attached hydrogens (tertiary/aromatic N) is 2. The average molecular weight is 336 g/mol. The molecule has 5 heteroatoms. The van der Waals surface area contributed by atoms with Crippen molar-refractivity contribution < 1.29 is 4.74 Å². The van der Waals surface area contributed by atoms with Gasteiger partial charge in [0.2, 0.25) is 0 Å². The van der Waals surface area contributed by atoms with E-state index in [4.69, 9.17) is 16.3 Å². The molecule has 3 nitrogen and oxygen atoms in total. The molecule has 0 bridgehead atoms. The molecule has 0 saturated heterocycles. The minimum Gasteiger partial charge on any atom is -0.368 e. The standard InChI is InChI=1S/C13H20BrClN2O/c1-6-13(5,18-7-2)12-16-10(8(3)4)9(14)11(15)17-12/h8H,6-7H2,1-5H3. The summed E-state index contributed by atoms with van der Waals surface area (Å²) in [5.74, 6) is 0.935. The summed E-state index contributed by atoms with van der Waals surface area (Å²) in [6.45, 7) is 10.8. The van der Waals surface area contributed by atoms with E-state index in [0.717, 1.165) is 16.6 Å². The second-order valence-electron chi connectivity index (χ2n) is 4.71. The van der Waals surface area contributed by atoms with Crippen LogP contribution in [0.15, 0.2) is 4.47 Å². The molecule has 0 saturated carbocycles. The Morgan fingerprint density at radius 3 is 2.39 bits per heavy atom. The van der Waals surface area contributed by atoms with Crippen molar-refractivity contribution in [2.75, 3.05) is 6.61 Å². The molecule has 0 radical (unpaired) electrons. The number of rotatable bonds is 5. The van der Waals surface area contributed by atoms with Gasteiger partial charge in [0.25, 0.3) is 0 Å². The van der Waals surface area contributed by atoms with Crippen LogP contribution in [0.25, 0.3) is 0 Å². The van der Waals surface area contributed by atoms with Crippen LogP contribution in [0.2, 0.25) is 5.15 Å². The van der Waals surface area contributed by atoms with Gasteiger partial charge in [-0.25, -0.2) is 9.97 Å². The monoisotopic (exact) mass is 334 g/mol. The molecule has 0 aliphatic rings. The summed E-state index contributed by atoms with van der Waals surface area (Å²) in [7, 11) is 0. The van der Waals surface area contributed by atoms with Crippen LogP contribution in [0.4, 0.5) is 0 Å². The number of halogens is 2. The lowest BCUT2D eigenvalue weighted by Gasteiger charge is -2.27. The summed E-state index contributed by atoms with van der Waals surface area (Å²) < 4.78 is 6.57. The molecule has 1 aromatic heterocycles. The van der Waals surface area contributed by atoms with Crippen LogP contribution in [-0.4, -0.2) is 16.6 Å². The number of ether oxygens (including phenoxy) is 1. The lowest BCUT2D eigenvalue weighted by Crippen LogP contribution is -2.28. The van der Waals surface area contributed by atoms with Crippen molar-refractivity contribution in [3.8, 4) is 0 Å². The van der Waals surface area contributed by atoms with Gasteiger partial charge >= 0.3 is 0 Å². The van der Waals surface area contributed by atoms with Crippen LogP contribution in [-0.2, 0) is 10.3 Å².